The third kappa shape index (κ3) is 3.43. The van der Waals surface area contributed by atoms with Crippen molar-refractivity contribution in [2.75, 3.05) is 42.9 Å². The zero-order chi connectivity index (χ0) is 14.8. The van der Waals surface area contributed by atoms with Crippen molar-refractivity contribution in [1.82, 2.24) is 9.88 Å². The van der Waals surface area contributed by atoms with Gasteiger partial charge in [-0.05, 0) is 29.7 Å². The molecule has 0 radical (unpaired) electrons. The van der Waals surface area contributed by atoms with Crippen molar-refractivity contribution in [2.45, 2.75) is 13.0 Å². The monoisotopic (exact) mass is 330 g/mol. The van der Waals surface area contributed by atoms with Crippen molar-refractivity contribution >= 4 is 23.9 Å². The van der Waals surface area contributed by atoms with Gasteiger partial charge in [-0.15, -0.1) is 12.4 Å². The van der Waals surface area contributed by atoms with Gasteiger partial charge < -0.3 is 10.2 Å². The van der Waals surface area contributed by atoms with Crippen LogP contribution in [0.5, 0.6) is 0 Å². The number of aromatic nitrogens is 1. The molecule has 1 aromatic carbocycles. The van der Waals surface area contributed by atoms with E-state index in [0.717, 1.165) is 51.5 Å². The minimum Gasteiger partial charge on any atom is -0.384 e. The number of fused-ring (bicyclic) bond motifs is 1. The molecular weight excluding hydrogens is 308 g/mol. The highest BCUT2D eigenvalue weighted by Gasteiger charge is 2.20. The van der Waals surface area contributed by atoms with Crippen LogP contribution < -0.4 is 10.2 Å². The Hall–Kier alpha value is -1.78. The molecule has 0 spiro atoms. The summed E-state index contributed by atoms with van der Waals surface area (Å²) in [6, 6.07) is 12.9. The first-order chi connectivity index (χ1) is 10.9. The lowest BCUT2D eigenvalue weighted by Gasteiger charge is -2.35. The normalized spacial score (nSPS) is 17.3. The quantitative estimate of drug-likeness (QED) is 0.937. The molecule has 0 amide bonds. The Morgan fingerprint density at radius 1 is 1.00 bits per heavy atom. The van der Waals surface area contributed by atoms with E-state index in [-0.39, 0.29) is 12.4 Å². The van der Waals surface area contributed by atoms with Crippen LogP contribution in [0.15, 0.2) is 42.6 Å². The minimum atomic E-state index is 0. The fraction of sp³-hybridized carbons (Fsp3) is 0.389. The van der Waals surface area contributed by atoms with E-state index in [1.807, 2.05) is 12.3 Å². The molecule has 0 unspecified atom stereocenters. The summed E-state index contributed by atoms with van der Waals surface area (Å²) in [4.78, 5) is 9.39. The van der Waals surface area contributed by atoms with Crippen molar-refractivity contribution in [1.29, 1.82) is 0 Å². The highest BCUT2D eigenvalue weighted by molar-refractivity contribution is 5.85. The molecule has 1 saturated heterocycles. The third-order valence-corrected chi connectivity index (χ3v) is 4.67. The van der Waals surface area contributed by atoms with Crippen LogP contribution >= 0.6 is 12.4 Å². The maximum Gasteiger partial charge on any atom is 0.128 e. The first-order valence-electron chi connectivity index (χ1n) is 8.13. The van der Waals surface area contributed by atoms with Crippen LogP contribution in [0.2, 0.25) is 0 Å². The molecule has 0 atom stereocenters. The van der Waals surface area contributed by atoms with Crippen molar-refractivity contribution in [3.63, 3.8) is 0 Å². The third-order valence-electron chi connectivity index (χ3n) is 4.67. The Labute approximate surface area is 143 Å². The van der Waals surface area contributed by atoms with Crippen LogP contribution in [-0.2, 0) is 13.0 Å². The lowest BCUT2D eigenvalue weighted by molar-refractivity contribution is 0.249. The van der Waals surface area contributed by atoms with Gasteiger partial charge in [-0.25, -0.2) is 4.98 Å². The molecule has 122 valence electrons. The molecule has 3 heterocycles. The minimum absolute atomic E-state index is 0. The first kappa shape index (κ1) is 16.1. The number of hydrogen-bond donors (Lipinski definition) is 1. The molecule has 1 fully saturated rings. The summed E-state index contributed by atoms with van der Waals surface area (Å²) in [6.07, 6.45) is 3.04. The molecular formula is C18H23ClN4. The Morgan fingerprint density at radius 2 is 1.87 bits per heavy atom. The van der Waals surface area contributed by atoms with Gasteiger partial charge >= 0.3 is 0 Å². The van der Waals surface area contributed by atoms with Crippen LogP contribution in [0.4, 0.5) is 11.5 Å². The van der Waals surface area contributed by atoms with Crippen molar-refractivity contribution < 1.29 is 0 Å². The predicted octanol–water partition coefficient (Wildman–Crippen LogP) is 2.79. The lowest BCUT2D eigenvalue weighted by Crippen LogP contribution is -2.46. The summed E-state index contributed by atoms with van der Waals surface area (Å²) >= 11 is 0. The molecule has 5 heteroatoms. The maximum absolute atomic E-state index is 4.46. The second-order valence-corrected chi connectivity index (χ2v) is 6.08. The molecule has 0 aliphatic carbocycles. The summed E-state index contributed by atoms with van der Waals surface area (Å²) in [7, 11) is 0. The largest absolute Gasteiger partial charge is 0.384 e. The van der Waals surface area contributed by atoms with Crippen LogP contribution in [0.3, 0.4) is 0 Å². The number of halogens is 1. The number of rotatable bonds is 3. The molecule has 2 aliphatic heterocycles. The van der Waals surface area contributed by atoms with E-state index in [1.54, 1.807) is 0 Å². The predicted molar refractivity (Wildman–Crippen MR) is 97.6 cm³/mol. The van der Waals surface area contributed by atoms with E-state index in [2.05, 4.69) is 50.4 Å². The molecule has 0 bridgehead atoms. The van der Waals surface area contributed by atoms with Crippen LogP contribution in [0.25, 0.3) is 0 Å². The summed E-state index contributed by atoms with van der Waals surface area (Å²) in [5, 5.41) is 3.55. The molecule has 4 nitrogen and oxygen atoms in total. The SMILES string of the molecule is Cl.c1ccc(N2CCN(Cc3cccc4c3NCC4)CC2)nc1. The average molecular weight is 331 g/mol. The fourth-order valence-electron chi connectivity index (χ4n) is 3.46. The lowest BCUT2D eigenvalue weighted by atomic mass is 10.1. The summed E-state index contributed by atoms with van der Waals surface area (Å²) in [6.45, 7) is 6.44. The van der Waals surface area contributed by atoms with Crippen molar-refractivity contribution in [3.05, 3.63) is 53.7 Å². The summed E-state index contributed by atoms with van der Waals surface area (Å²) in [5.74, 6) is 1.10. The number of piperazine rings is 1. The number of hydrogen-bond acceptors (Lipinski definition) is 4. The van der Waals surface area contributed by atoms with Gasteiger partial charge in [-0.1, -0.05) is 24.3 Å². The van der Waals surface area contributed by atoms with Crippen molar-refractivity contribution in [3.8, 4) is 0 Å². The maximum atomic E-state index is 4.46. The molecule has 1 aromatic heterocycles. The Morgan fingerprint density at radius 3 is 2.65 bits per heavy atom. The topological polar surface area (TPSA) is 31.4 Å². The van der Waals surface area contributed by atoms with Crippen LogP contribution in [-0.4, -0.2) is 42.6 Å². The van der Waals surface area contributed by atoms with Gasteiger partial charge in [-0.2, -0.15) is 0 Å². The highest BCUT2D eigenvalue weighted by Crippen LogP contribution is 2.27. The van der Waals surface area contributed by atoms with E-state index in [0.29, 0.717) is 0 Å². The van der Waals surface area contributed by atoms with Gasteiger partial charge in [0.05, 0.1) is 0 Å². The van der Waals surface area contributed by atoms with E-state index in [4.69, 9.17) is 0 Å². The number of nitrogens with one attached hydrogen (secondary N) is 1. The van der Waals surface area contributed by atoms with E-state index < -0.39 is 0 Å². The van der Waals surface area contributed by atoms with Crippen LogP contribution in [0, 0.1) is 0 Å². The number of nitrogens with zero attached hydrogens (tertiary/aromatic N) is 3. The molecule has 2 aromatic rings. The molecule has 0 saturated carbocycles. The Bertz CT molecular complexity index is 639. The van der Waals surface area contributed by atoms with Gasteiger partial charge in [-0.3, -0.25) is 4.90 Å². The smallest absolute Gasteiger partial charge is 0.128 e. The van der Waals surface area contributed by atoms with Gasteiger partial charge in [0.2, 0.25) is 0 Å². The zero-order valence-electron chi connectivity index (χ0n) is 13.2. The van der Waals surface area contributed by atoms with Gasteiger partial charge in [0.25, 0.3) is 0 Å². The molecule has 4 rings (SSSR count). The summed E-state index contributed by atoms with van der Waals surface area (Å²) < 4.78 is 0. The van der Waals surface area contributed by atoms with E-state index >= 15 is 0 Å². The second-order valence-electron chi connectivity index (χ2n) is 6.08. The van der Waals surface area contributed by atoms with Gasteiger partial charge in [0.1, 0.15) is 5.82 Å². The first-order valence-corrected chi connectivity index (χ1v) is 8.13. The van der Waals surface area contributed by atoms with Gasteiger partial charge in [0.15, 0.2) is 0 Å². The van der Waals surface area contributed by atoms with Gasteiger partial charge in [0, 0.05) is 51.2 Å². The standard InChI is InChI=1S/C18H22N4.ClH/c1-2-8-19-17(6-1)22-12-10-21(11-13-22)14-16-5-3-4-15-7-9-20-18(15)16;/h1-6,8,20H,7,9-14H2;1H. The number of benzene rings is 1. The average Bonchev–Trinajstić information content (AvgIpc) is 3.06. The fourth-order valence-corrected chi connectivity index (χ4v) is 3.46. The zero-order valence-corrected chi connectivity index (χ0v) is 14.1. The summed E-state index contributed by atoms with van der Waals surface area (Å²) in [5.41, 5.74) is 4.31. The van der Waals surface area contributed by atoms with Crippen LogP contribution in [0.1, 0.15) is 11.1 Å². The van der Waals surface area contributed by atoms with E-state index in [1.165, 1.54) is 16.8 Å². The number of para-hydroxylation sites is 1. The second kappa shape index (κ2) is 7.20. The Kier molecular flexibility index (Phi) is 5.03. The Balaban J connectivity index is 0.00000156. The van der Waals surface area contributed by atoms with E-state index in [9.17, 15) is 0 Å². The number of anilines is 2. The van der Waals surface area contributed by atoms with Crippen molar-refractivity contribution in [2.24, 2.45) is 0 Å². The molecule has 2 aliphatic rings. The highest BCUT2D eigenvalue weighted by atomic mass is 35.5. The molecule has 1 N–H and O–H groups in total. The molecule has 23 heavy (non-hydrogen) atoms. The number of pyridine rings is 1.